The second-order valence-electron chi connectivity index (χ2n) is 3.30. The van der Waals surface area contributed by atoms with Gasteiger partial charge < -0.3 is 10.2 Å². The van der Waals surface area contributed by atoms with Crippen molar-refractivity contribution in [3.05, 3.63) is 11.1 Å². The van der Waals surface area contributed by atoms with Crippen LogP contribution in [0.1, 0.15) is 34.1 Å². The number of nitrogens with zero attached hydrogens (tertiary/aromatic N) is 1. The van der Waals surface area contributed by atoms with Crippen LogP contribution in [0.3, 0.4) is 0 Å². The first-order chi connectivity index (χ1) is 6.86. The maximum atomic E-state index is 3.38. The summed E-state index contributed by atoms with van der Waals surface area (Å²) in [5.41, 5.74) is 3.33. The number of hydrogen-bond acceptors (Lipinski definition) is 2. The van der Waals surface area contributed by atoms with Gasteiger partial charge in [0.05, 0.1) is 0 Å². The summed E-state index contributed by atoms with van der Waals surface area (Å²) in [6, 6.07) is 0. The summed E-state index contributed by atoms with van der Waals surface area (Å²) >= 11 is 0. The van der Waals surface area contributed by atoms with Crippen LogP contribution in [0.4, 0.5) is 0 Å². The van der Waals surface area contributed by atoms with E-state index in [-0.39, 0.29) is 0 Å². The van der Waals surface area contributed by atoms with E-state index in [1.165, 1.54) is 19.5 Å². The van der Waals surface area contributed by atoms with E-state index < -0.39 is 0 Å². The molecule has 0 unspecified atom stereocenters. The van der Waals surface area contributed by atoms with E-state index in [1.807, 2.05) is 27.7 Å². The van der Waals surface area contributed by atoms with Crippen molar-refractivity contribution in [3.8, 4) is 0 Å². The zero-order valence-electron chi connectivity index (χ0n) is 10.5. The second-order valence-corrected chi connectivity index (χ2v) is 3.30. The molecule has 0 saturated heterocycles. The molecule has 2 aliphatic rings. The lowest BCUT2D eigenvalue weighted by Gasteiger charge is -2.23. The Bertz CT molecular complexity index is 173. The Balaban J connectivity index is 0.000000379. The third-order valence-electron chi connectivity index (χ3n) is 2.43. The van der Waals surface area contributed by atoms with Crippen LogP contribution >= 0.6 is 0 Å². The van der Waals surface area contributed by atoms with Crippen molar-refractivity contribution >= 4 is 0 Å². The summed E-state index contributed by atoms with van der Waals surface area (Å²) in [5.74, 6) is 0. The molecule has 1 N–H and O–H groups in total. The van der Waals surface area contributed by atoms with Crippen molar-refractivity contribution in [3.63, 3.8) is 0 Å². The molecule has 2 rings (SSSR count). The third kappa shape index (κ3) is 3.81. The summed E-state index contributed by atoms with van der Waals surface area (Å²) in [4.78, 5) is 2.39. The lowest BCUT2D eigenvalue weighted by Crippen LogP contribution is -2.27. The van der Waals surface area contributed by atoms with Crippen LogP contribution in [0, 0.1) is 0 Å². The van der Waals surface area contributed by atoms with Gasteiger partial charge in [0.25, 0.3) is 0 Å². The molecule has 0 aromatic rings. The van der Waals surface area contributed by atoms with Crippen LogP contribution < -0.4 is 5.32 Å². The number of likely N-dealkylation sites (N-methyl/N-ethyl adjacent to an activating group) is 1. The van der Waals surface area contributed by atoms with Crippen LogP contribution in [0.5, 0.6) is 0 Å². The van der Waals surface area contributed by atoms with Crippen LogP contribution in [0.2, 0.25) is 0 Å². The minimum absolute atomic E-state index is 1.14. The van der Waals surface area contributed by atoms with E-state index in [9.17, 15) is 0 Å². The van der Waals surface area contributed by atoms with E-state index in [1.54, 1.807) is 11.1 Å². The van der Waals surface area contributed by atoms with Gasteiger partial charge in [0, 0.05) is 26.2 Å². The fraction of sp³-hybridized carbons (Fsp3) is 0.833. The molecular formula is C12H26N2. The molecule has 2 heteroatoms. The lowest BCUT2D eigenvalue weighted by atomic mass is 10.0. The second kappa shape index (κ2) is 8.01. The molecule has 14 heavy (non-hydrogen) atoms. The molecule has 0 aliphatic carbocycles. The summed E-state index contributed by atoms with van der Waals surface area (Å²) < 4.78 is 0. The maximum absolute atomic E-state index is 3.38. The molecule has 0 amide bonds. The fourth-order valence-corrected chi connectivity index (χ4v) is 1.78. The van der Waals surface area contributed by atoms with Crippen LogP contribution in [-0.2, 0) is 0 Å². The highest BCUT2D eigenvalue weighted by Crippen LogP contribution is 2.18. The van der Waals surface area contributed by atoms with Crippen molar-refractivity contribution in [1.82, 2.24) is 10.2 Å². The molecule has 0 aromatic carbocycles. The summed E-state index contributed by atoms with van der Waals surface area (Å²) in [7, 11) is 2.20. The zero-order chi connectivity index (χ0) is 11.0. The zero-order valence-corrected chi connectivity index (χ0v) is 10.5. The molecule has 2 aliphatic heterocycles. The topological polar surface area (TPSA) is 15.3 Å². The largest absolute Gasteiger partial charge is 0.309 e. The van der Waals surface area contributed by atoms with Crippen molar-refractivity contribution in [2.75, 3.05) is 33.2 Å². The Morgan fingerprint density at radius 1 is 1.00 bits per heavy atom. The molecule has 0 atom stereocenters. The van der Waals surface area contributed by atoms with Gasteiger partial charge in [0.2, 0.25) is 0 Å². The van der Waals surface area contributed by atoms with Gasteiger partial charge in [0.15, 0.2) is 0 Å². The van der Waals surface area contributed by atoms with Gasteiger partial charge in [-0.2, -0.15) is 0 Å². The Kier molecular flexibility index (Phi) is 7.81. The van der Waals surface area contributed by atoms with Crippen LogP contribution in [-0.4, -0.2) is 38.1 Å². The summed E-state index contributed by atoms with van der Waals surface area (Å²) in [6.07, 6.45) is 1.29. The first-order valence-electron chi connectivity index (χ1n) is 5.95. The van der Waals surface area contributed by atoms with Gasteiger partial charge in [-0.3, -0.25) is 0 Å². The van der Waals surface area contributed by atoms with Crippen molar-refractivity contribution in [2.45, 2.75) is 34.1 Å². The van der Waals surface area contributed by atoms with Crippen molar-refractivity contribution in [1.29, 1.82) is 0 Å². The van der Waals surface area contributed by atoms with Crippen molar-refractivity contribution < 1.29 is 0 Å². The first-order valence-corrected chi connectivity index (χ1v) is 5.95. The van der Waals surface area contributed by atoms with Crippen LogP contribution in [0.25, 0.3) is 0 Å². The summed E-state index contributed by atoms with van der Waals surface area (Å²) in [6.45, 7) is 12.7. The van der Waals surface area contributed by atoms with Gasteiger partial charge in [-0.05, 0) is 19.0 Å². The molecule has 0 bridgehead atoms. The maximum Gasteiger partial charge on any atom is 0.0205 e. The predicted octanol–water partition coefficient (Wildman–Crippen LogP) is 2.27. The molecule has 0 fully saturated rings. The summed E-state index contributed by atoms with van der Waals surface area (Å²) in [5, 5.41) is 3.38. The lowest BCUT2D eigenvalue weighted by molar-refractivity contribution is 0.350. The van der Waals surface area contributed by atoms with Gasteiger partial charge in [-0.25, -0.2) is 0 Å². The number of hydrogen-bond donors (Lipinski definition) is 1. The number of nitrogens with one attached hydrogen (secondary N) is 1. The minimum Gasteiger partial charge on any atom is -0.309 e. The normalized spacial score (nSPS) is 20.4. The van der Waals surface area contributed by atoms with E-state index in [2.05, 4.69) is 17.3 Å². The standard InChI is InChI=1S/C8H14N2.2C2H6/c1-10-3-2-7-4-9-5-8(7)6-10;2*1-2/h9H,2-6H2,1H3;2*1-2H3. The predicted molar refractivity (Wildman–Crippen MR) is 64.7 cm³/mol. The molecule has 84 valence electrons. The van der Waals surface area contributed by atoms with Gasteiger partial charge in [-0.15, -0.1) is 0 Å². The van der Waals surface area contributed by atoms with E-state index in [0.717, 1.165) is 13.1 Å². The Labute approximate surface area is 89.4 Å². The van der Waals surface area contributed by atoms with Gasteiger partial charge in [0.1, 0.15) is 0 Å². The number of rotatable bonds is 0. The molecule has 2 heterocycles. The Morgan fingerprint density at radius 2 is 1.57 bits per heavy atom. The average molecular weight is 198 g/mol. The van der Waals surface area contributed by atoms with Crippen LogP contribution in [0.15, 0.2) is 11.1 Å². The molecule has 0 aromatic heterocycles. The van der Waals surface area contributed by atoms with Gasteiger partial charge in [-0.1, -0.05) is 33.3 Å². The quantitative estimate of drug-likeness (QED) is 0.601. The van der Waals surface area contributed by atoms with E-state index in [0.29, 0.717) is 0 Å². The van der Waals surface area contributed by atoms with Gasteiger partial charge >= 0.3 is 0 Å². The molecule has 2 nitrogen and oxygen atoms in total. The minimum atomic E-state index is 1.14. The van der Waals surface area contributed by atoms with Crippen molar-refractivity contribution in [2.24, 2.45) is 0 Å². The highest BCUT2D eigenvalue weighted by Gasteiger charge is 2.19. The van der Waals surface area contributed by atoms with E-state index >= 15 is 0 Å². The first kappa shape index (κ1) is 13.7. The van der Waals surface area contributed by atoms with E-state index in [4.69, 9.17) is 0 Å². The third-order valence-corrected chi connectivity index (χ3v) is 2.43. The Hall–Kier alpha value is -0.340. The SMILES string of the molecule is CC.CC.CN1CCC2=C(CNC2)C1. The average Bonchev–Trinajstić information content (AvgIpc) is 2.71. The molecular weight excluding hydrogens is 172 g/mol. The monoisotopic (exact) mass is 198 g/mol. The highest BCUT2D eigenvalue weighted by molar-refractivity contribution is 5.26. The fourth-order valence-electron chi connectivity index (χ4n) is 1.78. The highest BCUT2D eigenvalue weighted by atomic mass is 15.1. The molecule has 0 spiro atoms. The smallest absolute Gasteiger partial charge is 0.0205 e. The molecule has 0 radical (unpaired) electrons. The Morgan fingerprint density at radius 3 is 2.21 bits per heavy atom. The molecule has 0 saturated carbocycles.